The molecule has 4 rings (SSSR count). The van der Waals surface area contributed by atoms with Gasteiger partial charge in [-0.15, -0.1) is 0 Å². The van der Waals surface area contributed by atoms with Gasteiger partial charge in [0.15, 0.2) is 0 Å². The zero-order chi connectivity index (χ0) is 22.7. The summed E-state index contributed by atoms with van der Waals surface area (Å²) >= 11 is 0. The van der Waals surface area contributed by atoms with Crippen LogP contribution in [0, 0.1) is 0 Å². The number of fused-ring (bicyclic) bond motifs is 3. The van der Waals surface area contributed by atoms with Crippen molar-refractivity contribution in [2.45, 2.75) is 78.4 Å². The van der Waals surface area contributed by atoms with Gasteiger partial charge >= 0.3 is 0 Å². The molecule has 31 heavy (non-hydrogen) atoms. The van der Waals surface area contributed by atoms with E-state index in [1.807, 2.05) is 0 Å². The van der Waals surface area contributed by atoms with E-state index in [0.717, 1.165) is 0 Å². The van der Waals surface area contributed by atoms with Gasteiger partial charge in [-0.2, -0.15) is 0 Å². The second-order valence-electron chi connectivity index (χ2n) is 11.5. The maximum absolute atomic E-state index is 2.51. The molecule has 0 saturated heterocycles. The average Bonchev–Trinajstić information content (AvgIpc) is 2.93. The molecule has 0 N–H and O–H groups in total. The van der Waals surface area contributed by atoms with E-state index in [-0.39, 0.29) is 5.41 Å². The highest BCUT2D eigenvalue weighted by atomic mass is 28.3. The van der Waals surface area contributed by atoms with Crippen molar-refractivity contribution in [2.24, 2.45) is 0 Å². The van der Waals surface area contributed by atoms with Crippen LogP contribution in [0.2, 0.25) is 19.6 Å². The summed E-state index contributed by atoms with van der Waals surface area (Å²) in [6, 6.07) is 21.5. The first-order valence-corrected chi connectivity index (χ1v) is 15.4. The lowest BCUT2D eigenvalue weighted by molar-refractivity contribution is 0.661. The molecule has 0 atom stereocenters. The molecule has 0 aromatic heterocycles. The Kier molecular flexibility index (Phi) is 5.33. The Morgan fingerprint density at radius 3 is 1.71 bits per heavy atom. The minimum atomic E-state index is -1.34. The van der Waals surface area contributed by atoms with E-state index in [9.17, 15) is 0 Å². The van der Waals surface area contributed by atoms with Gasteiger partial charge in [0.25, 0.3) is 0 Å². The first-order chi connectivity index (χ1) is 14.4. The summed E-state index contributed by atoms with van der Waals surface area (Å²) in [6.07, 6.45) is 0. The molecule has 0 saturated carbocycles. The zero-order valence-electron chi connectivity index (χ0n) is 20.9. The molecular weight excluding hydrogens is 388 g/mol. The van der Waals surface area contributed by atoms with Crippen LogP contribution in [0.4, 0.5) is 0 Å². The summed E-state index contributed by atoms with van der Waals surface area (Å²) < 4.78 is 0. The van der Waals surface area contributed by atoms with Crippen molar-refractivity contribution >= 4 is 13.3 Å². The Bertz CT molecular complexity index is 1140. The molecule has 0 heterocycles. The number of benzene rings is 3. The van der Waals surface area contributed by atoms with Gasteiger partial charge in [-0.25, -0.2) is 0 Å². The molecule has 0 amide bonds. The van der Waals surface area contributed by atoms with Gasteiger partial charge in [-0.1, -0.05) is 115 Å². The highest BCUT2D eigenvalue weighted by Crippen LogP contribution is 2.49. The quantitative estimate of drug-likeness (QED) is 0.367. The van der Waals surface area contributed by atoms with Gasteiger partial charge in [-0.05, 0) is 62.4 Å². The molecule has 162 valence electrons. The first-order valence-electron chi connectivity index (χ1n) is 11.9. The maximum Gasteiger partial charge on any atom is 0.0776 e. The smallest absolute Gasteiger partial charge is 0.0656 e. The Hall–Kier alpha value is -2.12. The molecule has 0 nitrogen and oxygen atoms in total. The normalized spacial score (nSPS) is 14.8. The number of rotatable bonds is 4. The highest BCUT2D eigenvalue weighted by molar-refractivity contribution is 6.88. The fourth-order valence-electron chi connectivity index (χ4n) is 5.16. The van der Waals surface area contributed by atoms with E-state index in [0.29, 0.717) is 11.8 Å². The predicted molar refractivity (Wildman–Crippen MR) is 141 cm³/mol. The topological polar surface area (TPSA) is 0 Å². The lowest BCUT2D eigenvalue weighted by Gasteiger charge is -2.25. The Morgan fingerprint density at radius 1 is 0.613 bits per heavy atom. The first kappa shape index (κ1) is 22.1. The average molecular weight is 427 g/mol. The van der Waals surface area contributed by atoms with E-state index < -0.39 is 8.07 Å². The molecule has 0 aliphatic heterocycles. The molecule has 0 radical (unpaired) electrons. The molecule has 3 aromatic rings. The van der Waals surface area contributed by atoms with Crippen LogP contribution in [-0.2, 0) is 5.41 Å². The van der Waals surface area contributed by atoms with Crippen LogP contribution in [0.5, 0.6) is 0 Å². The summed E-state index contributed by atoms with van der Waals surface area (Å²) in [5.41, 5.74) is 11.5. The van der Waals surface area contributed by atoms with E-state index in [1.54, 1.807) is 5.19 Å². The number of hydrogen-bond donors (Lipinski definition) is 0. The van der Waals surface area contributed by atoms with E-state index in [4.69, 9.17) is 0 Å². The van der Waals surface area contributed by atoms with Crippen LogP contribution in [0.15, 0.2) is 54.6 Å². The van der Waals surface area contributed by atoms with Crippen LogP contribution in [0.1, 0.15) is 75.6 Å². The lowest BCUT2D eigenvalue weighted by atomic mass is 9.81. The molecule has 0 unspecified atom stereocenters. The van der Waals surface area contributed by atoms with Crippen molar-refractivity contribution in [2.75, 3.05) is 0 Å². The molecule has 1 heteroatoms. The van der Waals surface area contributed by atoms with Crippen LogP contribution >= 0.6 is 0 Å². The highest BCUT2D eigenvalue weighted by Gasteiger charge is 2.36. The second-order valence-corrected chi connectivity index (χ2v) is 16.6. The van der Waals surface area contributed by atoms with E-state index >= 15 is 0 Å². The van der Waals surface area contributed by atoms with Gasteiger partial charge in [-0.3, -0.25) is 0 Å². The largest absolute Gasteiger partial charge is 0.0776 e. The third-order valence-corrected chi connectivity index (χ3v) is 9.25. The maximum atomic E-state index is 2.51. The molecule has 0 bridgehead atoms. The minimum absolute atomic E-state index is 0.0368. The van der Waals surface area contributed by atoms with Crippen molar-refractivity contribution in [3.8, 4) is 22.3 Å². The van der Waals surface area contributed by atoms with Crippen molar-refractivity contribution in [1.82, 2.24) is 0 Å². The van der Waals surface area contributed by atoms with E-state index in [1.165, 1.54) is 44.5 Å². The molecule has 3 aromatic carbocycles. The van der Waals surface area contributed by atoms with Crippen molar-refractivity contribution < 1.29 is 0 Å². The van der Waals surface area contributed by atoms with Crippen LogP contribution in [-0.4, -0.2) is 8.07 Å². The monoisotopic (exact) mass is 426 g/mol. The Morgan fingerprint density at radius 2 is 1.13 bits per heavy atom. The standard InChI is InChI=1S/C30H38Si/c1-19(2)24-13-10-21(16-27(24)20(3)4)22-11-14-25-26-15-12-23(31(7,8)9)18-29(26)30(5,6)28(25)17-22/h10-20H,1-9H3. The fraction of sp³-hybridized carbons (Fsp3) is 0.400. The third kappa shape index (κ3) is 3.72. The van der Waals surface area contributed by atoms with Gasteiger partial charge in [0.05, 0.1) is 8.07 Å². The summed E-state index contributed by atoms with van der Waals surface area (Å²) in [6.45, 7) is 21.3. The molecule has 1 aliphatic carbocycles. The molecular formula is C30H38Si. The minimum Gasteiger partial charge on any atom is -0.0656 e. The number of hydrogen-bond acceptors (Lipinski definition) is 0. The van der Waals surface area contributed by atoms with Crippen molar-refractivity contribution in [1.29, 1.82) is 0 Å². The van der Waals surface area contributed by atoms with Gasteiger partial charge < -0.3 is 0 Å². The van der Waals surface area contributed by atoms with Gasteiger partial charge in [0, 0.05) is 5.41 Å². The Labute approximate surface area is 190 Å². The second kappa shape index (κ2) is 7.48. The lowest BCUT2D eigenvalue weighted by Crippen LogP contribution is -2.38. The zero-order valence-corrected chi connectivity index (χ0v) is 21.9. The van der Waals surface area contributed by atoms with Crippen LogP contribution < -0.4 is 5.19 Å². The van der Waals surface area contributed by atoms with E-state index in [2.05, 4.69) is 116 Å². The SMILES string of the molecule is CC(C)c1ccc(-c2ccc3c(c2)C(C)(C)c2cc([Si](C)(C)C)ccc2-3)cc1C(C)C. The predicted octanol–water partition coefficient (Wildman–Crippen LogP) is 8.45. The summed E-state index contributed by atoms with van der Waals surface area (Å²) in [5.74, 6) is 1.09. The molecule has 1 aliphatic rings. The molecule has 0 spiro atoms. The van der Waals surface area contributed by atoms with Crippen LogP contribution in [0.3, 0.4) is 0 Å². The van der Waals surface area contributed by atoms with Gasteiger partial charge in [0.2, 0.25) is 0 Å². The van der Waals surface area contributed by atoms with Crippen molar-refractivity contribution in [3.05, 3.63) is 76.9 Å². The van der Waals surface area contributed by atoms with Crippen molar-refractivity contribution in [3.63, 3.8) is 0 Å². The fourth-order valence-corrected chi connectivity index (χ4v) is 6.32. The summed E-state index contributed by atoms with van der Waals surface area (Å²) in [5, 5.41) is 1.55. The summed E-state index contributed by atoms with van der Waals surface area (Å²) in [4.78, 5) is 0. The third-order valence-electron chi connectivity index (χ3n) is 7.21. The van der Waals surface area contributed by atoms with Gasteiger partial charge in [0.1, 0.15) is 0 Å². The summed E-state index contributed by atoms with van der Waals surface area (Å²) in [7, 11) is -1.34. The Balaban J connectivity index is 1.83. The molecule has 0 fully saturated rings. The van der Waals surface area contributed by atoms with Crippen LogP contribution in [0.25, 0.3) is 22.3 Å².